The van der Waals surface area contributed by atoms with E-state index in [9.17, 15) is 4.79 Å². The number of thioether (sulfide) groups is 1. The van der Waals surface area contributed by atoms with Gasteiger partial charge < -0.3 is 5.32 Å². The van der Waals surface area contributed by atoms with E-state index in [-0.39, 0.29) is 5.91 Å². The number of amides is 1. The van der Waals surface area contributed by atoms with Crippen molar-refractivity contribution in [1.29, 1.82) is 0 Å². The molecule has 0 spiro atoms. The van der Waals surface area contributed by atoms with Gasteiger partial charge in [0.15, 0.2) is 0 Å². The molecule has 2 rings (SSSR count). The molecule has 0 fully saturated rings. The lowest BCUT2D eigenvalue weighted by atomic mass is 10.2. The number of aryl methyl sites for hydroxylation is 1. The van der Waals surface area contributed by atoms with Crippen LogP contribution >= 0.6 is 23.4 Å². The highest BCUT2D eigenvalue weighted by atomic mass is 35.5. The zero-order chi connectivity index (χ0) is 15.1. The number of anilines is 1. The first-order valence-corrected chi connectivity index (χ1v) is 8.44. The summed E-state index contributed by atoms with van der Waals surface area (Å²) in [6, 6.07) is 16.0. The van der Waals surface area contributed by atoms with E-state index < -0.39 is 0 Å². The van der Waals surface area contributed by atoms with Crippen LogP contribution in [0.2, 0.25) is 0 Å². The Balaban J connectivity index is 1.74. The first-order chi connectivity index (χ1) is 10.2. The minimum atomic E-state index is 0.0289. The average molecular weight is 320 g/mol. The maximum Gasteiger partial charge on any atom is 0.234 e. The van der Waals surface area contributed by atoms with Crippen LogP contribution in [0, 0.1) is 6.92 Å². The Hall–Kier alpha value is -1.45. The summed E-state index contributed by atoms with van der Waals surface area (Å²) in [6.07, 6.45) is 0. The first kappa shape index (κ1) is 15.9. The van der Waals surface area contributed by atoms with Gasteiger partial charge in [-0.05, 0) is 30.2 Å². The van der Waals surface area contributed by atoms with Crippen molar-refractivity contribution in [3.63, 3.8) is 0 Å². The van der Waals surface area contributed by atoms with Gasteiger partial charge >= 0.3 is 0 Å². The van der Waals surface area contributed by atoms with Crippen LogP contribution in [0.1, 0.15) is 16.7 Å². The van der Waals surface area contributed by atoms with E-state index in [1.807, 2.05) is 43.3 Å². The van der Waals surface area contributed by atoms with Gasteiger partial charge in [0.25, 0.3) is 0 Å². The Bertz CT molecular complexity index is 581. The van der Waals surface area contributed by atoms with Crippen molar-refractivity contribution in [1.82, 2.24) is 0 Å². The summed E-state index contributed by atoms with van der Waals surface area (Å²) in [5.41, 5.74) is 4.35. The molecule has 0 heterocycles. The van der Waals surface area contributed by atoms with Crippen LogP contribution < -0.4 is 5.32 Å². The fourth-order valence-corrected chi connectivity index (χ4v) is 2.79. The van der Waals surface area contributed by atoms with Gasteiger partial charge in [0.1, 0.15) is 0 Å². The number of hydrogen-bond donors (Lipinski definition) is 1. The third-order valence-corrected chi connectivity index (χ3v) is 4.33. The summed E-state index contributed by atoms with van der Waals surface area (Å²) in [6.45, 7) is 2.02. The highest BCUT2D eigenvalue weighted by Gasteiger charge is 2.03. The monoisotopic (exact) mass is 319 g/mol. The molecule has 0 atom stereocenters. The highest BCUT2D eigenvalue weighted by Crippen LogP contribution is 2.15. The van der Waals surface area contributed by atoms with E-state index >= 15 is 0 Å². The second kappa shape index (κ2) is 8.11. The molecule has 2 aromatic rings. The minimum Gasteiger partial charge on any atom is -0.325 e. The van der Waals surface area contributed by atoms with Gasteiger partial charge in [-0.25, -0.2) is 0 Å². The fraction of sp³-hybridized carbons (Fsp3) is 0.235. The van der Waals surface area contributed by atoms with Crippen molar-refractivity contribution in [3.8, 4) is 0 Å². The minimum absolute atomic E-state index is 0.0289. The molecule has 0 saturated carbocycles. The number of nitrogens with one attached hydrogen (secondary N) is 1. The molecule has 2 aromatic carbocycles. The molecule has 0 aromatic heterocycles. The van der Waals surface area contributed by atoms with E-state index in [4.69, 9.17) is 11.6 Å². The normalized spacial score (nSPS) is 10.4. The molecule has 1 amide bonds. The second-order valence-corrected chi connectivity index (χ2v) is 6.11. The molecule has 0 aliphatic rings. The largest absolute Gasteiger partial charge is 0.325 e. The van der Waals surface area contributed by atoms with Crippen LogP contribution in [0.25, 0.3) is 0 Å². The Morgan fingerprint density at radius 2 is 1.67 bits per heavy atom. The molecule has 2 nitrogen and oxygen atoms in total. The van der Waals surface area contributed by atoms with Crippen LogP contribution in [0.3, 0.4) is 0 Å². The Morgan fingerprint density at radius 1 is 1.05 bits per heavy atom. The zero-order valence-corrected chi connectivity index (χ0v) is 13.5. The lowest BCUT2D eigenvalue weighted by Gasteiger charge is -2.06. The van der Waals surface area contributed by atoms with Crippen molar-refractivity contribution in [2.45, 2.75) is 18.6 Å². The lowest BCUT2D eigenvalue weighted by Crippen LogP contribution is -2.14. The van der Waals surface area contributed by atoms with Crippen LogP contribution in [0.15, 0.2) is 48.5 Å². The maximum absolute atomic E-state index is 11.8. The third-order valence-electron chi connectivity index (χ3n) is 3.01. The van der Waals surface area contributed by atoms with Crippen molar-refractivity contribution < 1.29 is 4.79 Å². The van der Waals surface area contributed by atoms with Gasteiger partial charge in [0.2, 0.25) is 5.91 Å². The number of rotatable bonds is 6. The quantitative estimate of drug-likeness (QED) is 0.788. The molecule has 0 saturated heterocycles. The standard InChI is InChI=1S/C17H18ClNOS/c1-13-2-8-16(9-3-13)19-17(20)12-21-11-15-6-4-14(10-18)5-7-15/h2-9H,10-12H2,1H3,(H,19,20). The molecule has 21 heavy (non-hydrogen) atoms. The summed E-state index contributed by atoms with van der Waals surface area (Å²) < 4.78 is 0. The second-order valence-electron chi connectivity index (χ2n) is 4.86. The lowest BCUT2D eigenvalue weighted by molar-refractivity contribution is -0.113. The average Bonchev–Trinajstić information content (AvgIpc) is 2.50. The summed E-state index contributed by atoms with van der Waals surface area (Å²) in [7, 11) is 0. The number of carbonyl (C=O) groups excluding carboxylic acids is 1. The predicted molar refractivity (Wildman–Crippen MR) is 92.0 cm³/mol. The predicted octanol–water partition coefficient (Wildman–Crippen LogP) is 4.61. The summed E-state index contributed by atoms with van der Waals surface area (Å²) in [5.74, 6) is 1.84. The number of hydrogen-bond acceptors (Lipinski definition) is 2. The Labute approximate surface area is 134 Å². The number of carbonyl (C=O) groups is 1. The molecular formula is C17H18ClNOS. The van der Waals surface area contributed by atoms with Crippen LogP contribution in [0.4, 0.5) is 5.69 Å². The first-order valence-electron chi connectivity index (χ1n) is 6.75. The molecule has 0 unspecified atom stereocenters. The third kappa shape index (κ3) is 5.44. The number of halogens is 1. The van der Waals surface area contributed by atoms with Crippen LogP contribution in [0.5, 0.6) is 0 Å². The van der Waals surface area contributed by atoms with Gasteiger partial charge in [-0.15, -0.1) is 23.4 Å². The van der Waals surface area contributed by atoms with Crippen molar-refractivity contribution in [3.05, 3.63) is 65.2 Å². The van der Waals surface area contributed by atoms with Gasteiger partial charge in [-0.3, -0.25) is 4.79 Å². The molecular weight excluding hydrogens is 302 g/mol. The fourth-order valence-electron chi connectivity index (χ4n) is 1.82. The Morgan fingerprint density at radius 3 is 2.29 bits per heavy atom. The molecule has 0 bridgehead atoms. The zero-order valence-electron chi connectivity index (χ0n) is 11.9. The van der Waals surface area contributed by atoms with E-state index in [2.05, 4.69) is 17.4 Å². The molecule has 110 valence electrons. The molecule has 0 aliphatic carbocycles. The van der Waals surface area contributed by atoms with Crippen molar-refractivity contribution in [2.24, 2.45) is 0 Å². The van der Waals surface area contributed by atoms with E-state index in [0.29, 0.717) is 11.6 Å². The Kier molecular flexibility index (Phi) is 6.15. The maximum atomic E-state index is 11.8. The van der Waals surface area contributed by atoms with Gasteiger partial charge in [0, 0.05) is 17.3 Å². The van der Waals surface area contributed by atoms with E-state index in [1.165, 1.54) is 11.1 Å². The summed E-state index contributed by atoms with van der Waals surface area (Å²) >= 11 is 7.36. The van der Waals surface area contributed by atoms with Gasteiger partial charge in [-0.2, -0.15) is 0 Å². The molecule has 1 N–H and O–H groups in total. The van der Waals surface area contributed by atoms with Gasteiger partial charge in [-0.1, -0.05) is 42.0 Å². The topological polar surface area (TPSA) is 29.1 Å². The molecule has 4 heteroatoms. The highest BCUT2D eigenvalue weighted by molar-refractivity contribution is 7.99. The number of benzene rings is 2. The number of alkyl halides is 1. The van der Waals surface area contributed by atoms with Crippen LogP contribution in [-0.4, -0.2) is 11.7 Å². The SMILES string of the molecule is Cc1ccc(NC(=O)CSCc2ccc(CCl)cc2)cc1. The van der Waals surface area contributed by atoms with Crippen molar-refractivity contribution >= 4 is 35.0 Å². The summed E-state index contributed by atoms with van der Waals surface area (Å²) in [5, 5.41) is 2.90. The molecule has 0 radical (unpaired) electrons. The van der Waals surface area contributed by atoms with E-state index in [1.54, 1.807) is 11.8 Å². The van der Waals surface area contributed by atoms with Crippen molar-refractivity contribution in [2.75, 3.05) is 11.1 Å². The summed E-state index contributed by atoms with van der Waals surface area (Å²) in [4.78, 5) is 11.8. The van der Waals surface area contributed by atoms with E-state index in [0.717, 1.165) is 17.0 Å². The van der Waals surface area contributed by atoms with Crippen LogP contribution in [-0.2, 0) is 16.4 Å². The smallest absolute Gasteiger partial charge is 0.234 e. The molecule has 0 aliphatic heterocycles. The van der Waals surface area contributed by atoms with Gasteiger partial charge in [0.05, 0.1) is 5.75 Å².